The van der Waals surface area contributed by atoms with Gasteiger partial charge >= 0.3 is 0 Å². The van der Waals surface area contributed by atoms with E-state index in [9.17, 15) is 0 Å². The van der Waals surface area contributed by atoms with Crippen molar-refractivity contribution in [3.63, 3.8) is 0 Å². The molecule has 1 aromatic heterocycles. The molecule has 4 nitrogen and oxygen atoms in total. The molecule has 0 aliphatic carbocycles. The van der Waals surface area contributed by atoms with Gasteiger partial charge in [-0.15, -0.1) is 0 Å². The summed E-state index contributed by atoms with van der Waals surface area (Å²) in [6.07, 6.45) is 6.10. The number of nitrogens with zero attached hydrogens (tertiary/aromatic N) is 3. The first-order valence-electron chi connectivity index (χ1n) is 7.12. The maximum atomic E-state index is 6.22. The zero-order valence-corrected chi connectivity index (χ0v) is 12.5. The second-order valence-corrected chi connectivity index (χ2v) is 5.24. The second-order valence-electron chi connectivity index (χ2n) is 4.88. The molecule has 106 valence electrons. The fraction of sp³-hybridized carbons (Fsp3) is 0.714. The smallest absolute Gasteiger partial charge is 0.137 e. The van der Waals surface area contributed by atoms with Gasteiger partial charge in [0.1, 0.15) is 17.3 Å². The van der Waals surface area contributed by atoms with Crippen molar-refractivity contribution in [2.45, 2.75) is 45.6 Å². The summed E-state index contributed by atoms with van der Waals surface area (Å²) in [6, 6.07) is 0. The molecule has 0 aromatic carbocycles. The zero-order valence-electron chi connectivity index (χ0n) is 11.7. The molecular weight excluding hydrogens is 262 g/mol. The monoisotopic (exact) mass is 283 g/mol. The molecule has 2 rings (SSSR count). The highest BCUT2D eigenvalue weighted by Gasteiger charge is 2.23. The Labute approximate surface area is 120 Å². The molecule has 0 N–H and O–H groups in total. The zero-order chi connectivity index (χ0) is 13.7. The maximum absolute atomic E-state index is 6.22. The minimum Gasteiger partial charge on any atom is -0.377 e. The van der Waals surface area contributed by atoms with Crippen molar-refractivity contribution in [3.8, 4) is 0 Å². The van der Waals surface area contributed by atoms with E-state index in [0.29, 0.717) is 11.3 Å². The Hall–Kier alpha value is -0.870. The van der Waals surface area contributed by atoms with E-state index in [0.717, 1.165) is 56.8 Å². The molecule has 1 fully saturated rings. The van der Waals surface area contributed by atoms with E-state index < -0.39 is 0 Å². The number of anilines is 1. The van der Waals surface area contributed by atoms with Crippen molar-refractivity contribution >= 4 is 17.4 Å². The lowest BCUT2D eigenvalue weighted by Gasteiger charge is -2.34. The first kappa shape index (κ1) is 14.5. The van der Waals surface area contributed by atoms with Crippen LogP contribution in [0.5, 0.6) is 0 Å². The quantitative estimate of drug-likeness (QED) is 0.779. The summed E-state index contributed by atoms with van der Waals surface area (Å²) in [7, 11) is 0. The van der Waals surface area contributed by atoms with Crippen LogP contribution in [0.1, 0.15) is 38.7 Å². The van der Waals surface area contributed by atoms with Crippen LogP contribution in [0.4, 0.5) is 5.82 Å². The summed E-state index contributed by atoms with van der Waals surface area (Å²) >= 11 is 6.22. The highest BCUT2D eigenvalue weighted by atomic mass is 35.5. The third-order valence-electron chi connectivity index (χ3n) is 3.45. The highest BCUT2D eigenvalue weighted by Crippen LogP contribution is 2.27. The van der Waals surface area contributed by atoms with Crippen molar-refractivity contribution in [3.05, 3.63) is 17.0 Å². The first-order valence-corrected chi connectivity index (χ1v) is 7.50. The number of piperidine rings is 1. The maximum Gasteiger partial charge on any atom is 0.137 e. The fourth-order valence-electron chi connectivity index (χ4n) is 2.62. The minimum atomic E-state index is 0.307. The van der Waals surface area contributed by atoms with Crippen molar-refractivity contribution in [2.75, 3.05) is 24.6 Å². The van der Waals surface area contributed by atoms with Gasteiger partial charge in [-0.1, -0.05) is 24.9 Å². The standard InChI is InChI=1S/C14H22ClN3O/c1-3-6-12-13(15)16-10-17-14(12)18-8-5-7-11(9-18)19-4-2/h10-11H,3-9H2,1-2H3. The van der Waals surface area contributed by atoms with Gasteiger partial charge in [-0.05, 0) is 26.2 Å². The summed E-state index contributed by atoms with van der Waals surface area (Å²) in [5, 5.41) is 0.588. The normalized spacial score (nSPS) is 19.7. The third kappa shape index (κ3) is 3.57. The van der Waals surface area contributed by atoms with Crippen LogP contribution in [0.2, 0.25) is 5.15 Å². The molecular formula is C14H22ClN3O. The van der Waals surface area contributed by atoms with E-state index >= 15 is 0 Å². The van der Waals surface area contributed by atoms with E-state index in [1.807, 2.05) is 6.92 Å². The van der Waals surface area contributed by atoms with E-state index in [-0.39, 0.29) is 0 Å². The van der Waals surface area contributed by atoms with Crippen LogP contribution < -0.4 is 4.90 Å². The van der Waals surface area contributed by atoms with E-state index in [1.165, 1.54) is 0 Å². The summed E-state index contributed by atoms with van der Waals surface area (Å²) in [5.41, 5.74) is 1.07. The Bertz CT molecular complexity index is 412. The Balaban J connectivity index is 2.18. The van der Waals surface area contributed by atoms with Gasteiger partial charge < -0.3 is 9.64 Å². The van der Waals surface area contributed by atoms with Crippen LogP contribution in [-0.4, -0.2) is 35.8 Å². The van der Waals surface area contributed by atoms with E-state index in [1.54, 1.807) is 6.33 Å². The number of aromatic nitrogens is 2. The molecule has 5 heteroatoms. The van der Waals surface area contributed by atoms with Crippen molar-refractivity contribution in [1.82, 2.24) is 9.97 Å². The average Bonchev–Trinajstić information content (AvgIpc) is 2.42. The van der Waals surface area contributed by atoms with Crippen molar-refractivity contribution in [1.29, 1.82) is 0 Å². The Morgan fingerprint density at radius 3 is 3.00 bits per heavy atom. The molecule has 1 unspecified atom stereocenters. The van der Waals surface area contributed by atoms with Gasteiger partial charge in [0.25, 0.3) is 0 Å². The molecule has 1 aliphatic rings. The Morgan fingerprint density at radius 1 is 1.42 bits per heavy atom. The predicted molar refractivity (Wildman–Crippen MR) is 77.9 cm³/mol. The molecule has 0 amide bonds. The number of halogens is 1. The van der Waals surface area contributed by atoms with Crippen LogP contribution in [-0.2, 0) is 11.2 Å². The molecule has 0 saturated carbocycles. The van der Waals surface area contributed by atoms with Crippen LogP contribution in [0.3, 0.4) is 0 Å². The molecule has 0 radical (unpaired) electrons. The molecule has 0 spiro atoms. The van der Waals surface area contributed by atoms with Gasteiger partial charge in [-0.25, -0.2) is 9.97 Å². The van der Waals surface area contributed by atoms with Gasteiger partial charge in [-0.3, -0.25) is 0 Å². The Kier molecular flexibility index (Phi) is 5.40. The number of hydrogen-bond acceptors (Lipinski definition) is 4. The van der Waals surface area contributed by atoms with Crippen LogP contribution >= 0.6 is 11.6 Å². The van der Waals surface area contributed by atoms with Gasteiger partial charge in [0, 0.05) is 25.3 Å². The van der Waals surface area contributed by atoms with Crippen LogP contribution in [0.25, 0.3) is 0 Å². The van der Waals surface area contributed by atoms with Crippen LogP contribution in [0, 0.1) is 0 Å². The lowest BCUT2D eigenvalue weighted by molar-refractivity contribution is 0.0525. The summed E-state index contributed by atoms with van der Waals surface area (Å²) in [5.74, 6) is 0.992. The van der Waals surface area contributed by atoms with Gasteiger partial charge in [-0.2, -0.15) is 0 Å². The third-order valence-corrected chi connectivity index (χ3v) is 3.78. The SMILES string of the molecule is CCCc1c(Cl)ncnc1N1CCCC(OCC)C1. The first-order chi connectivity index (χ1) is 9.26. The lowest BCUT2D eigenvalue weighted by atomic mass is 10.1. The molecule has 2 heterocycles. The largest absolute Gasteiger partial charge is 0.377 e. The minimum absolute atomic E-state index is 0.307. The molecule has 1 saturated heterocycles. The highest BCUT2D eigenvalue weighted by molar-refractivity contribution is 6.30. The van der Waals surface area contributed by atoms with Gasteiger partial charge in [0.15, 0.2) is 0 Å². The molecule has 1 aliphatic heterocycles. The second kappa shape index (κ2) is 7.06. The predicted octanol–water partition coefficient (Wildman–Crippen LogP) is 3.09. The topological polar surface area (TPSA) is 38.2 Å². The number of rotatable bonds is 5. The summed E-state index contributed by atoms with van der Waals surface area (Å²) in [6.45, 7) is 6.88. The molecule has 1 atom stereocenters. The van der Waals surface area contributed by atoms with E-state index in [2.05, 4.69) is 21.8 Å². The number of ether oxygens (including phenoxy) is 1. The summed E-state index contributed by atoms with van der Waals surface area (Å²) in [4.78, 5) is 10.9. The molecule has 19 heavy (non-hydrogen) atoms. The fourth-order valence-corrected chi connectivity index (χ4v) is 2.84. The van der Waals surface area contributed by atoms with Crippen LogP contribution in [0.15, 0.2) is 6.33 Å². The van der Waals surface area contributed by atoms with Gasteiger partial charge in [0.2, 0.25) is 0 Å². The van der Waals surface area contributed by atoms with Crippen molar-refractivity contribution < 1.29 is 4.74 Å². The Morgan fingerprint density at radius 2 is 2.26 bits per heavy atom. The molecule has 1 aromatic rings. The van der Waals surface area contributed by atoms with E-state index in [4.69, 9.17) is 16.3 Å². The lowest BCUT2D eigenvalue weighted by Crippen LogP contribution is -2.40. The molecule has 0 bridgehead atoms. The number of hydrogen-bond donors (Lipinski definition) is 0. The van der Waals surface area contributed by atoms with Gasteiger partial charge in [0.05, 0.1) is 6.10 Å². The van der Waals surface area contributed by atoms with Crippen molar-refractivity contribution in [2.24, 2.45) is 0 Å². The average molecular weight is 284 g/mol. The summed E-state index contributed by atoms with van der Waals surface area (Å²) < 4.78 is 5.75.